The summed E-state index contributed by atoms with van der Waals surface area (Å²) in [4.78, 5) is 25.6. The van der Waals surface area contributed by atoms with Crippen molar-refractivity contribution >= 4 is 22.1 Å². The Bertz CT molecular complexity index is 1270. The highest BCUT2D eigenvalue weighted by atomic mass is 32.2. The first-order valence-corrected chi connectivity index (χ1v) is 30.7. The topological polar surface area (TPSA) is 186 Å². The number of hydrogen-bond acceptors (Lipinski definition) is 11. The van der Waals surface area contributed by atoms with Crippen LogP contribution < -0.4 is 0 Å². The SMILES string of the molecule is CCCCCCCCCCCCCCCCCCCCCCCCC(=O)OC[C@H](CO[C@H]1O[C@H](CS(=O)(=O)O)[C@@H](O)C(O)C1O)OC(=O)CCCCCCCCCCCCCCCCCCCCC. The molecule has 4 N–H and O–H groups in total. The maximum atomic E-state index is 12.9. The lowest BCUT2D eigenvalue weighted by atomic mass is 10.00. The highest BCUT2D eigenvalue weighted by Gasteiger charge is 2.46. The first kappa shape index (κ1) is 65.7. The molecule has 0 amide bonds. The molecule has 0 spiro atoms. The van der Waals surface area contributed by atoms with Crippen molar-refractivity contribution in [3.05, 3.63) is 0 Å². The molecule has 0 radical (unpaired) electrons. The molecule has 6 atom stereocenters. The van der Waals surface area contributed by atoms with E-state index in [2.05, 4.69) is 13.8 Å². The average Bonchev–Trinajstić information content (AvgIpc) is 3.32. The van der Waals surface area contributed by atoms with Gasteiger partial charge in [0.05, 0.1) is 6.61 Å². The fourth-order valence-electron chi connectivity index (χ4n) is 9.45. The van der Waals surface area contributed by atoms with Gasteiger partial charge < -0.3 is 34.3 Å². The predicted octanol–water partition coefficient (Wildman–Crippen LogP) is 14.0. The van der Waals surface area contributed by atoms with Crippen LogP contribution in [0.2, 0.25) is 0 Å². The average molecular weight is 1010 g/mol. The number of carbonyl (C=O) groups is 2. The summed E-state index contributed by atoms with van der Waals surface area (Å²) in [6, 6.07) is 0. The minimum absolute atomic E-state index is 0.173. The molecule has 0 aromatic rings. The zero-order valence-corrected chi connectivity index (χ0v) is 45.3. The summed E-state index contributed by atoms with van der Waals surface area (Å²) in [5.74, 6) is -1.95. The number of esters is 2. The van der Waals surface area contributed by atoms with Crippen LogP contribution in [0.4, 0.5) is 0 Å². The zero-order chi connectivity index (χ0) is 50.5. The first-order chi connectivity index (χ1) is 33.5. The zero-order valence-electron chi connectivity index (χ0n) is 44.5. The third-order valence-corrected chi connectivity index (χ3v) is 14.7. The second-order valence-corrected chi connectivity index (χ2v) is 22.2. The first-order valence-electron chi connectivity index (χ1n) is 29.1. The van der Waals surface area contributed by atoms with Gasteiger partial charge in [-0.1, -0.05) is 264 Å². The van der Waals surface area contributed by atoms with Crippen LogP contribution in [0.25, 0.3) is 0 Å². The van der Waals surface area contributed by atoms with Crippen molar-refractivity contribution in [1.29, 1.82) is 0 Å². The van der Waals surface area contributed by atoms with E-state index in [1.54, 1.807) is 0 Å². The Balaban J connectivity index is 2.28. The van der Waals surface area contributed by atoms with E-state index in [0.29, 0.717) is 12.8 Å². The van der Waals surface area contributed by atoms with Crippen molar-refractivity contribution in [1.82, 2.24) is 0 Å². The van der Waals surface area contributed by atoms with Crippen molar-refractivity contribution < 1.29 is 56.8 Å². The van der Waals surface area contributed by atoms with Gasteiger partial charge in [0.15, 0.2) is 12.4 Å². The van der Waals surface area contributed by atoms with Gasteiger partial charge in [0.1, 0.15) is 36.8 Å². The van der Waals surface area contributed by atoms with E-state index in [-0.39, 0.29) is 19.4 Å². The van der Waals surface area contributed by atoms with Crippen molar-refractivity contribution in [2.24, 2.45) is 0 Å². The molecule has 0 aliphatic carbocycles. The molecule has 0 aromatic heterocycles. The molecule has 1 aliphatic rings. The van der Waals surface area contributed by atoms with Crippen LogP contribution in [0.5, 0.6) is 0 Å². The van der Waals surface area contributed by atoms with Crippen LogP contribution in [-0.4, -0.2) is 96.0 Å². The van der Waals surface area contributed by atoms with E-state index in [9.17, 15) is 37.9 Å². The Morgan fingerprint density at radius 1 is 0.435 bits per heavy atom. The summed E-state index contributed by atoms with van der Waals surface area (Å²) >= 11 is 0. The lowest BCUT2D eigenvalue weighted by Gasteiger charge is -2.40. The molecule has 1 saturated heterocycles. The second-order valence-electron chi connectivity index (χ2n) is 20.7. The van der Waals surface area contributed by atoms with Gasteiger partial charge in [0, 0.05) is 12.8 Å². The van der Waals surface area contributed by atoms with E-state index in [1.807, 2.05) is 0 Å². The van der Waals surface area contributed by atoms with Crippen LogP contribution in [0, 0.1) is 0 Å². The van der Waals surface area contributed by atoms with Crippen molar-refractivity contribution in [3.8, 4) is 0 Å². The summed E-state index contributed by atoms with van der Waals surface area (Å²) in [5.41, 5.74) is 0. The summed E-state index contributed by atoms with van der Waals surface area (Å²) in [7, 11) is -4.60. The minimum Gasteiger partial charge on any atom is -0.462 e. The van der Waals surface area contributed by atoms with Crippen molar-refractivity contribution in [2.45, 2.75) is 327 Å². The van der Waals surface area contributed by atoms with Crippen molar-refractivity contribution in [2.75, 3.05) is 19.0 Å². The summed E-state index contributed by atoms with van der Waals surface area (Å²) in [6.45, 7) is 3.84. The van der Waals surface area contributed by atoms with Gasteiger partial charge in [-0.25, -0.2) is 0 Å². The van der Waals surface area contributed by atoms with Gasteiger partial charge >= 0.3 is 11.9 Å². The number of aliphatic hydroxyl groups excluding tert-OH is 3. The summed E-state index contributed by atoms with van der Waals surface area (Å²) in [6.07, 6.45) is 42.9. The molecule has 1 heterocycles. The van der Waals surface area contributed by atoms with E-state index in [4.69, 9.17) is 18.9 Å². The van der Waals surface area contributed by atoms with Crippen LogP contribution in [0.3, 0.4) is 0 Å². The quantitative estimate of drug-likeness (QED) is 0.0257. The predicted molar refractivity (Wildman–Crippen MR) is 280 cm³/mol. The Hall–Kier alpha value is -1.35. The molecule has 12 nitrogen and oxygen atoms in total. The number of rotatable bonds is 51. The van der Waals surface area contributed by atoms with E-state index < -0.39 is 71.2 Å². The molecule has 0 aromatic carbocycles. The van der Waals surface area contributed by atoms with Gasteiger partial charge in [-0.05, 0) is 12.8 Å². The molecular weight excluding hydrogens is 897 g/mol. The molecule has 2 unspecified atom stereocenters. The number of carbonyl (C=O) groups excluding carboxylic acids is 2. The molecule has 0 saturated carbocycles. The number of hydrogen-bond donors (Lipinski definition) is 4. The van der Waals surface area contributed by atoms with E-state index in [1.165, 1.54) is 212 Å². The fourth-order valence-corrected chi connectivity index (χ4v) is 10.1. The normalized spacial score (nSPS) is 19.0. The lowest BCUT2D eigenvalue weighted by Crippen LogP contribution is -2.60. The fraction of sp³-hybridized carbons (Fsp3) is 0.964. The van der Waals surface area contributed by atoms with E-state index in [0.717, 1.165) is 38.5 Å². The Morgan fingerprint density at radius 2 is 0.739 bits per heavy atom. The molecule has 1 rings (SSSR count). The van der Waals surface area contributed by atoms with Gasteiger partial charge in [-0.3, -0.25) is 14.1 Å². The summed E-state index contributed by atoms with van der Waals surface area (Å²) in [5, 5.41) is 31.1. The third kappa shape index (κ3) is 40.8. The highest BCUT2D eigenvalue weighted by Crippen LogP contribution is 2.24. The van der Waals surface area contributed by atoms with Gasteiger partial charge in [0.25, 0.3) is 10.1 Å². The molecule has 69 heavy (non-hydrogen) atoms. The smallest absolute Gasteiger partial charge is 0.306 e. The molecule has 0 bridgehead atoms. The van der Waals surface area contributed by atoms with Crippen LogP contribution in [-0.2, 0) is 38.7 Å². The van der Waals surface area contributed by atoms with Crippen LogP contribution in [0.1, 0.15) is 290 Å². The lowest BCUT2D eigenvalue weighted by molar-refractivity contribution is -0.297. The maximum Gasteiger partial charge on any atom is 0.306 e. The monoisotopic (exact) mass is 1000 g/mol. The Morgan fingerprint density at radius 3 is 1.06 bits per heavy atom. The Labute approximate surface area is 423 Å². The van der Waals surface area contributed by atoms with Crippen LogP contribution >= 0.6 is 0 Å². The molecule has 1 aliphatic heterocycles. The van der Waals surface area contributed by atoms with Crippen molar-refractivity contribution in [3.63, 3.8) is 0 Å². The number of ether oxygens (including phenoxy) is 4. The highest BCUT2D eigenvalue weighted by molar-refractivity contribution is 7.85. The van der Waals surface area contributed by atoms with Gasteiger partial charge in [-0.2, -0.15) is 8.42 Å². The summed E-state index contributed by atoms with van der Waals surface area (Å²) < 4.78 is 54.4. The van der Waals surface area contributed by atoms with Gasteiger partial charge in [-0.15, -0.1) is 0 Å². The van der Waals surface area contributed by atoms with Crippen LogP contribution in [0.15, 0.2) is 0 Å². The number of aliphatic hydroxyl groups is 3. The molecular formula is C56H108O12S. The van der Waals surface area contributed by atoms with E-state index >= 15 is 0 Å². The number of unbranched alkanes of at least 4 members (excludes halogenated alkanes) is 39. The molecule has 410 valence electrons. The maximum absolute atomic E-state index is 12.9. The second kappa shape index (κ2) is 46.4. The van der Waals surface area contributed by atoms with Gasteiger partial charge in [0.2, 0.25) is 0 Å². The Kier molecular flexibility index (Phi) is 44.2. The standard InChI is InChI=1S/C56H108O12S/c1-3-5-7-9-11-13-15-17-19-21-23-24-25-27-28-30-32-34-36-38-40-42-44-51(57)65-46-49(47-66-56-55(61)54(60)53(59)50(68-56)48-69(62,63)64)67-52(58)45-43-41-39-37-35-33-31-29-26-22-20-18-16-14-12-10-8-6-4-2/h49-50,53-56,59-61H,3-48H2,1-2H3,(H,62,63,64)/t49-,50-,53-,54?,55?,56+/m1/s1. The molecule has 1 fully saturated rings. The minimum atomic E-state index is -4.60. The third-order valence-electron chi connectivity index (χ3n) is 13.9. The molecule has 13 heteroatoms. The largest absolute Gasteiger partial charge is 0.462 e.